The molecule has 0 bridgehead atoms. The highest BCUT2D eigenvalue weighted by molar-refractivity contribution is 6.35. The predicted molar refractivity (Wildman–Crippen MR) is 159 cm³/mol. The van der Waals surface area contributed by atoms with Gasteiger partial charge in [-0.2, -0.15) is 0 Å². The monoisotopic (exact) mass is 583 g/mol. The minimum atomic E-state index is -1.67. The number of carbonyl (C=O) groups excluding carboxylic acids is 4. The largest absolute Gasteiger partial charge is 0.497 e. The molecule has 1 aliphatic heterocycles. The highest BCUT2D eigenvalue weighted by atomic mass is 16.5. The molecule has 10 heteroatoms. The molecule has 3 aromatic rings. The predicted octanol–water partition coefficient (Wildman–Crippen LogP) is 3.38. The van der Waals surface area contributed by atoms with Crippen LogP contribution in [0.1, 0.15) is 35.3 Å². The maximum absolute atomic E-state index is 14.1. The number of aliphatic carboxylic acids is 1. The van der Waals surface area contributed by atoms with Gasteiger partial charge in [0.2, 0.25) is 5.91 Å². The van der Waals surface area contributed by atoms with Gasteiger partial charge in [-0.15, -0.1) is 0 Å². The van der Waals surface area contributed by atoms with Crippen molar-refractivity contribution in [3.05, 3.63) is 108 Å². The van der Waals surface area contributed by atoms with Gasteiger partial charge in [-0.25, -0.2) is 4.79 Å². The fourth-order valence-corrected chi connectivity index (χ4v) is 4.95. The quantitative estimate of drug-likeness (QED) is 0.331. The van der Waals surface area contributed by atoms with Crippen LogP contribution in [0.5, 0.6) is 5.75 Å². The second-order valence-electron chi connectivity index (χ2n) is 10.4. The molecule has 222 valence electrons. The van der Waals surface area contributed by atoms with Crippen molar-refractivity contribution in [3.63, 3.8) is 0 Å². The van der Waals surface area contributed by atoms with Gasteiger partial charge in [0.25, 0.3) is 17.6 Å². The van der Waals surface area contributed by atoms with Gasteiger partial charge >= 0.3 is 5.97 Å². The maximum Gasteiger partial charge on any atom is 0.374 e. The average Bonchev–Trinajstić information content (AvgIpc) is 3.01. The number of hydrogen-bond donors (Lipinski definition) is 2. The van der Waals surface area contributed by atoms with Crippen LogP contribution in [0, 0.1) is 5.92 Å². The number of nitrogens with zero attached hydrogens (tertiary/aromatic N) is 2. The average molecular weight is 584 g/mol. The molecule has 0 radical (unpaired) electrons. The fraction of sp³-hybridized carbons (Fsp3) is 0.242. The lowest BCUT2D eigenvalue weighted by Gasteiger charge is -2.41. The van der Waals surface area contributed by atoms with Crippen LogP contribution in [0.3, 0.4) is 0 Å². The lowest BCUT2D eigenvalue weighted by molar-refractivity contribution is -0.150. The summed E-state index contributed by atoms with van der Waals surface area (Å²) in [6, 6.07) is 21.8. The van der Waals surface area contributed by atoms with E-state index >= 15 is 0 Å². The van der Waals surface area contributed by atoms with Crippen LogP contribution < -0.4 is 10.1 Å². The zero-order valence-corrected chi connectivity index (χ0v) is 24.1. The molecule has 3 amide bonds. The summed E-state index contributed by atoms with van der Waals surface area (Å²) in [4.78, 5) is 67.9. The second-order valence-corrected chi connectivity index (χ2v) is 10.4. The molecule has 0 aromatic heterocycles. The number of hydrogen-bond acceptors (Lipinski definition) is 6. The summed E-state index contributed by atoms with van der Waals surface area (Å²) in [5.74, 6) is -4.20. The molecule has 43 heavy (non-hydrogen) atoms. The van der Waals surface area contributed by atoms with E-state index in [1.807, 2.05) is 0 Å². The Morgan fingerprint density at radius 3 is 2.07 bits per heavy atom. The molecule has 0 spiro atoms. The summed E-state index contributed by atoms with van der Waals surface area (Å²) in [6.45, 7) is 3.11. The number of carboxylic acids is 1. The first-order valence-electron chi connectivity index (χ1n) is 13.8. The normalized spacial score (nSPS) is 15.5. The van der Waals surface area contributed by atoms with Gasteiger partial charge in [0, 0.05) is 18.2 Å². The molecule has 3 aromatic carbocycles. The van der Waals surface area contributed by atoms with Gasteiger partial charge in [-0.05, 0) is 41.3 Å². The topological polar surface area (TPSA) is 133 Å². The van der Waals surface area contributed by atoms with E-state index in [2.05, 4.69) is 5.32 Å². The molecular weight excluding hydrogens is 550 g/mol. The summed E-state index contributed by atoms with van der Waals surface area (Å²) in [5.41, 5.74) is 1.91. The van der Waals surface area contributed by atoms with Gasteiger partial charge in [0.05, 0.1) is 12.8 Å². The Bertz CT molecular complexity index is 1520. The zero-order valence-electron chi connectivity index (χ0n) is 24.1. The van der Waals surface area contributed by atoms with Gasteiger partial charge in [0.15, 0.2) is 0 Å². The number of methoxy groups -OCH3 is 1. The van der Waals surface area contributed by atoms with E-state index in [-0.39, 0.29) is 12.3 Å². The molecule has 0 saturated heterocycles. The number of ether oxygens (including phenoxy) is 1. The standard InChI is InChI=1S/C33H33N3O7/c1-21(2)29-32(40)35(20-28(37)34-26(30(38)33(41)42)18-22-10-6-4-7-11-22)27(23-12-8-5-9-13-23)19-36(29)31(39)24-14-16-25(43-3)17-15-24/h4-17,19,21,26,29H,18,20H2,1-3H3,(H,34,37)(H,41,42)/t26-,29-/m0/s1. The smallest absolute Gasteiger partial charge is 0.374 e. The molecule has 1 heterocycles. The van der Waals surface area contributed by atoms with Crippen molar-refractivity contribution >= 4 is 35.2 Å². The molecular formula is C33H33N3O7. The van der Waals surface area contributed by atoms with E-state index in [0.29, 0.717) is 28.1 Å². The van der Waals surface area contributed by atoms with E-state index in [1.54, 1.807) is 105 Å². The molecule has 2 atom stereocenters. The van der Waals surface area contributed by atoms with E-state index in [9.17, 15) is 29.1 Å². The molecule has 0 unspecified atom stereocenters. The second kappa shape index (κ2) is 13.6. The maximum atomic E-state index is 14.1. The number of benzene rings is 3. The Balaban J connectivity index is 1.68. The molecule has 0 fully saturated rings. The summed E-state index contributed by atoms with van der Waals surface area (Å²) in [7, 11) is 1.52. The number of Topliss-reactive ketones (excluding diaryl/α,β-unsaturated/α-hetero) is 1. The van der Waals surface area contributed by atoms with Gasteiger partial charge in [-0.1, -0.05) is 74.5 Å². The minimum Gasteiger partial charge on any atom is -0.497 e. The zero-order chi connectivity index (χ0) is 31.1. The van der Waals surface area contributed by atoms with Crippen LogP contribution in [0.15, 0.2) is 91.1 Å². The van der Waals surface area contributed by atoms with Crippen molar-refractivity contribution in [1.29, 1.82) is 0 Å². The van der Waals surface area contributed by atoms with Crippen molar-refractivity contribution in [2.24, 2.45) is 5.92 Å². The lowest BCUT2D eigenvalue weighted by atomic mass is 9.96. The Labute approximate surface area is 249 Å². The number of carbonyl (C=O) groups is 5. The third kappa shape index (κ3) is 7.16. The summed E-state index contributed by atoms with van der Waals surface area (Å²) >= 11 is 0. The Morgan fingerprint density at radius 2 is 1.51 bits per heavy atom. The van der Waals surface area contributed by atoms with Crippen LogP contribution in [0.2, 0.25) is 0 Å². The molecule has 1 aliphatic rings. The van der Waals surface area contributed by atoms with E-state index in [1.165, 1.54) is 16.9 Å². The van der Waals surface area contributed by atoms with Gasteiger partial charge < -0.3 is 20.1 Å². The third-order valence-electron chi connectivity index (χ3n) is 7.09. The van der Waals surface area contributed by atoms with Crippen molar-refractivity contribution in [2.45, 2.75) is 32.4 Å². The first kappa shape index (κ1) is 30.7. The van der Waals surface area contributed by atoms with Crippen LogP contribution in [0.4, 0.5) is 0 Å². The van der Waals surface area contributed by atoms with Crippen LogP contribution in [-0.4, -0.2) is 70.1 Å². The van der Waals surface area contributed by atoms with Crippen LogP contribution in [0.25, 0.3) is 5.70 Å². The third-order valence-corrected chi connectivity index (χ3v) is 7.09. The van der Waals surface area contributed by atoms with Gasteiger partial charge in [0.1, 0.15) is 24.4 Å². The summed E-state index contributed by atoms with van der Waals surface area (Å²) in [6.07, 6.45) is 1.52. The SMILES string of the molecule is COc1ccc(C(=O)N2C=C(c3ccccc3)N(CC(=O)N[C@@H](Cc3ccccc3)C(=O)C(=O)O)C(=O)[C@@H]2C(C)C)cc1. The lowest BCUT2D eigenvalue weighted by Crippen LogP contribution is -2.57. The van der Waals surface area contributed by atoms with Crippen molar-refractivity contribution in [3.8, 4) is 5.75 Å². The van der Waals surface area contributed by atoms with Crippen molar-refractivity contribution in [2.75, 3.05) is 13.7 Å². The number of rotatable bonds is 11. The van der Waals surface area contributed by atoms with Crippen LogP contribution in [-0.2, 0) is 25.6 Å². The van der Waals surface area contributed by atoms with Crippen molar-refractivity contribution < 1.29 is 33.8 Å². The van der Waals surface area contributed by atoms with Crippen molar-refractivity contribution in [1.82, 2.24) is 15.1 Å². The summed E-state index contributed by atoms with van der Waals surface area (Å²) < 4.78 is 5.20. The fourth-order valence-electron chi connectivity index (χ4n) is 4.95. The Morgan fingerprint density at radius 1 is 0.907 bits per heavy atom. The van der Waals surface area contributed by atoms with E-state index in [0.717, 1.165) is 0 Å². The van der Waals surface area contributed by atoms with Gasteiger partial charge in [-0.3, -0.25) is 24.1 Å². The number of carboxylic acid groups (broad SMARTS) is 1. The first-order valence-corrected chi connectivity index (χ1v) is 13.8. The highest BCUT2D eigenvalue weighted by Crippen LogP contribution is 2.31. The number of nitrogens with one attached hydrogen (secondary N) is 1. The number of amides is 3. The summed E-state index contributed by atoms with van der Waals surface area (Å²) in [5, 5.41) is 11.9. The highest BCUT2D eigenvalue weighted by Gasteiger charge is 2.41. The molecule has 10 nitrogen and oxygen atoms in total. The molecule has 4 rings (SSSR count). The number of ketones is 1. The minimum absolute atomic E-state index is 0.0359. The molecule has 2 N–H and O–H groups in total. The van der Waals surface area contributed by atoms with E-state index in [4.69, 9.17) is 4.74 Å². The van der Waals surface area contributed by atoms with Crippen LogP contribution >= 0.6 is 0 Å². The Hall–Kier alpha value is -5.25. The Kier molecular flexibility index (Phi) is 9.72. The van der Waals surface area contributed by atoms with E-state index < -0.39 is 48.1 Å². The first-order chi connectivity index (χ1) is 20.6. The molecule has 0 saturated carbocycles. The molecule has 0 aliphatic carbocycles.